The highest BCUT2D eigenvalue weighted by molar-refractivity contribution is 6.10. The lowest BCUT2D eigenvalue weighted by Crippen LogP contribution is -2.56. The Morgan fingerprint density at radius 2 is 1.83 bits per heavy atom. The van der Waals surface area contributed by atoms with Crippen molar-refractivity contribution in [1.29, 1.82) is 0 Å². The third kappa shape index (κ3) is 6.98. The van der Waals surface area contributed by atoms with Crippen molar-refractivity contribution in [3.05, 3.63) is 82.4 Å². The highest BCUT2D eigenvalue weighted by Gasteiger charge is 2.57. The second kappa shape index (κ2) is 13.6. The van der Waals surface area contributed by atoms with Crippen LogP contribution < -0.4 is 5.32 Å². The van der Waals surface area contributed by atoms with E-state index in [9.17, 15) is 19.8 Å². The van der Waals surface area contributed by atoms with Crippen molar-refractivity contribution in [2.24, 2.45) is 5.41 Å². The van der Waals surface area contributed by atoms with Gasteiger partial charge in [0.25, 0.3) is 0 Å². The van der Waals surface area contributed by atoms with Crippen LogP contribution in [-0.4, -0.2) is 57.8 Å². The molecule has 42 heavy (non-hydrogen) atoms. The molecule has 1 fully saturated rings. The number of hydrogen-bond donors (Lipinski definition) is 3. The van der Waals surface area contributed by atoms with Gasteiger partial charge in [-0.15, -0.1) is 0 Å². The van der Waals surface area contributed by atoms with Gasteiger partial charge in [0, 0.05) is 29.1 Å². The zero-order valence-corrected chi connectivity index (χ0v) is 26.2. The van der Waals surface area contributed by atoms with E-state index in [1.54, 1.807) is 4.90 Å². The first-order chi connectivity index (χ1) is 20.0. The lowest BCUT2D eigenvalue weighted by atomic mass is 9.64. The highest BCUT2D eigenvalue weighted by Crippen LogP contribution is 2.58. The number of ketones is 1. The van der Waals surface area contributed by atoms with Gasteiger partial charge in [-0.3, -0.25) is 4.79 Å². The van der Waals surface area contributed by atoms with Gasteiger partial charge >= 0.3 is 6.03 Å². The fourth-order valence-corrected chi connectivity index (χ4v) is 7.12. The molecule has 0 aliphatic heterocycles. The van der Waals surface area contributed by atoms with Crippen LogP contribution in [0.3, 0.4) is 0 Å². The molecule has 1 saturated carbocycles. The summed E-state index contributed by atoms with van der Waals surface area (Å²) in [5.41, 5.74) is 2.71. The van der Waals surface area contributed by atoms with Crippen molar-refractivity contribution in [3.8, 4) is 0 Å². The van der Waals surface area contributed by atoms with Crippen LogP contribution >= 0.6 is 0 Å². The molecule has 6 heteroatoms. The van der Waals surface area contributed by atoms with E-state index >= 15 is 0 Å². The molecule has 2 amide bonds. The molecule has 228 valence electrons. The molecule has 0 heterocycles. The fourth-order valence-electron chi connectivity index (χ4n) is 7.12. The largest absolute Gasteiger partial charge is 0.393 e. The van der Waals surface area contributed by atoms with Gasteiger partial charge in [-0.1, -0.05) is 68.0 Å². The van der Waals surface area contributed by atoms with Gasteiger partial charge in [-0.25, -0.2) is 4.79 Å². The number of allylic oxidation sites excluding steroid dienone is 2. The van der Waals surface area contributed by atoms with Crippen molar-refractivity contribution < 1.29 is 19.8 Å². The summed E-state index contributed by atoms with van der Waals surface area (Å²) in [6.45, 7) is 11.0. The van der Waals surface area contributed by atoms with Crippen molar-refractivity contribution in [2.45, 2.75) is 110 Å². The minimum absolute atomic E-state index is 0.00414. The molecular formula is C36H50N2O4. The first-order valence-electron chi connectivity index (χ1n) is 15.8. The minimum atomic E-state index is -1.12. The number of nitrogens with one attached hydrogen (secondary N) is 1. The van der Waals surface area contributed by atoms with Crippen LogP contribution in [0.2, 0.25) is 0 Å². The molecule has 6 nitrogen and oxygen atoms in total. The molecule has 2 bridgehead atoms. The lowest BCUT2D eigenvalue weighted by molar-refractivity contribution is -0.0770. The number of nitrogens with zero attached hydrogens (tertiary/aromatic N) is 1. The first-order valence-corrected chi connectivity index (χ1v) is 15.8. The second-order valence-electron chi connectivity index (χ2n) is 13.2. The summed E-state index contributed by atoms with van der Waals surface area (Å²) in [7, 11) is 0. The Morgan fingerprint density at radius 3 is 2.52 bits per heavy atom. The summed E-state index contributed by atoms with van der Waals surface area (Å²) < 4.78 is 0. The number of fused-ring (bicyclic) bond motifs is 8. The third-order valence-electron chi connectivity index (χ3n) is 9.60. The number of hydrogen-bond acceptors (Lipinski definition) is 4. The van der Waals surface area contributed by atoms with E-state index in [4.69, 9.17) is 0 Å². The standard InChI is InChI=1S/C36H50N2O4/c1-6-21-38(34(41)37-25(2)3)24-36(42)20-18-32-30-17-15-27(23-31(30)33(40)28-12-8-7-9-13-28)22-29(39)16-14-26(4)11-10-19-35(32,36)5/h7-9,11-13,15,17,23,25,29,32,39,42H,6,10,14,16,18-22,24H2,1-5H3,(H,37,41)/t29-,32-,35-,36+/m0/s1. The van der Waals surface area contributed by atoms with E-state index in [1.165, 1.54) is 5.57 Å². The number of urea groups is 1. The number of rotatable bonds is 7. The Balaban J connectivity index is 1.82. The molecular weight excluding hydrogens is 524 g/mol. The summed E-state index contributed by atoms with van der Waals surface area (Å²) >= 11 is 0. The molecule has 5 rings (SSSR count). The Hall–Kier alpha value is -2.96. The van der Waals surface area contributed by atoms with Crippen molar-refractivity contribution in [1.82, 2.24) is 10.2 Å². The summed E-state index contributed by atoms with van der Waals surface area (Å²) in [4.78, 5) is 29.0. The van der Waals surface area contributed by atoms with E-state index in [2.05, 4.69) is 31.3 Å². The average molecular weight is 575 g/mol. The van der Waals surface area contributed by atoms with Crippen LogP contribution in [0.15, 0.2) is 60.2 Å². The lowest BCUT2D eigenvalue weighted by Gasteiger charge is -2.46. The van der Waals surface area contributed by atoms with Crippen LogP contribution in [0.1, 0.15) is 113 Å². The van der Waals surface area contributed by atoms with E-state index in [0.29, 0.717) is 36.9 Å². The van der Waals surface area contributed by atoms with Crippen LogP contribution in [0.5, 0.6) is 0 Å². The maximum atomic E-state index is 14.0. The number of aliphatic hydroxyl groups excluding tert-OH is 1. The number of amides is 2. The quantitative estimate of drug-likeness (QED) is 0.251. The van der Waals surface area contributed by atoms with Gasteiger partial charge in [0.1, 0.15) is 0 Å². The Bertz CT molecular complexity index is 1270. The van der Waals surface area contributed by atoms with E-state index in [0.717, 1.165) is 43.2 Å². The van der Waals surface area contributed by atoms with Crippen molar-refractivity contribution >= 4 is 11.8 Å². The third-order valence-corrected chi connectivity index (χ3v) is 9.60. The van der Waals surface area contributed by atoms with E-state index in [-0.39, 0.29) is 30.3 Å². The molecule has 4 atom stereocenters. The molecule has 3 N–H and O–H groups in total. The normalized spacial score (nSPS) is 26.3. The summed E-state index contributed by atoms with van der Waals surface area (Å²) in [6, 6.07) is 15.3. The highest BCUT2D eigenvalue weighted by atomic mass is 16.3. The van der Waals surface area contributed by atoms with Gasteiger partial charge in [0.2, 0.25) is 0 Å². The second-order valence-corrected chi connectivity index (χ2v) is 13.2. The van der Waals surface area contributed by atoms with E-state index in [1.807, 2.05) is 63.2 Å². The van der Waals surface area contributed by atoms with Crippen LogP contribution in [0.4, 0.5) is 4.79 Å². The average Bonchev–Trinajstić information content (AvgIpc) is 3.20. The fraction of sp³-hybridized carbons (Fsp3) is 0.556. The summed E-state index contributed by atoms with van der Waals surface area (Å²) in [6.07, 6.45) is 7.29. The maximum absolute atomic E-state index is 14.0. The van der Waals surface area contributed by atoms with Gasteiger partial charge < -0.3 is 20.4 Å². The van der Waals surface area contributed by atoms with Crippen LogP contribution in [0.25, 0.3) is 0 Å². The molecule has 2 aromatic rings. The zero-order valence-electron chi connectivity index (χ0n) is 26.2. The SMILES string of the molecule is CCCN(C[C@]1(O)CC[C@H]2c3ccc(cc3C(=O)c3ccccc3)C[C@@H](O)CCC(C)=CCC[C@@]21C)C(=O)NC(C)C. The van der Waals surface area contributed by atoms with E-state index < -0.39 is 17.1 Å². The number of carbonyl (C=O) groups is 2. The van der Waals surface area contributed by atoms with Crippen molar-refractivity contribution in [3.63, 3.8) is 0 Å². The molecule has 0 unspecified atom stereocenters. The molecule has 0 saturated heterocycles. The van der Waals surface area contributed by atoms with Crippen LogP contribution in [-0.2, 0) is 6.42 Å². The van der Waals surface area contributed by atoms with Gasteiger partial charge in [-0.2, -0.15) is 0 Å². The van der Waals surface area contributed by atoms with Gasteiger partial charge in [0.05, 0.1) is 18.2 Å². The molecule has 0 radical (unpaired) electrons. The number of carbonyl (C=O) groups excluding carboxylic acids is 2. The monoisotopic (exact) mass is 574 g/mol. The molecule has 3 aliphatic carbocycles. The predicted molar refractivity (Wildman–Crippen MR) is 169 cm³/mol. The summed E-state index contributed by atoms with van der Waals surface area (Å²) in [5.74, 6) is -0.107. The minimum Gasteiger partial charge on any atom is -0.393 e. The first kappa shape index (κ1) is 32.0. The number of aliphatic hydroxyl groups is 2. The smallest absolute Gasteiger partial charge is 0.317 e. The zero-order chi connectivity index (χ0) is 30.5. The molecule has 2 aromatic carbocycles. The molecule has 0 spiro atoms. The van der Waals surface area contributed by atoms with Crippen molar-refractivity contribution in [2.75, 3.05) is 13.1 Å². The Kier molecular flexibility index (Phi) is 10.3. The predicted octanol–water partition coefficient (Wildman–Crippen LogP) is 6.79. The molecule has 0 aromatic heterocycles. The number of benzene rings is 2. The Morgan fingerprint density at radius 1 is 1.10 bits per heavy atom. The van der Waals surface area contributed by atoms with Gasteiger partial charge in [0.15, 0.2) is 5.78 Å². The van der Waals surface area contributed by atoms with Gasteiger partial charge in [-0.05, 0) is 95.2 Å². The molecule has 3 aliphatic rings. The Labute approximate surface area is 252 Å². The summed E-state index contributed by atoms with van der Waals surface area (Å²) in [5, 5.41) is 26.4. The maximum Gasteiger partial charge on any atom is 0.317 e. The topological polar surface area (TPSA) is 89.9 Å². The van der Waals surface area contributed by atoms with Crippen LogP contribution in [0, 0.1) is 5.41 Å².